The first-order valence-corrected chi connectivity index (χ1v) is 8.87. The molecule has 0 aromatic carbocycles. The van der Waals surface area contributed by atoms with Crippen LogP contribution in [0.15, 0.2) is 36.1 Å². The van der Waals surface area contributed by atoms with Crippen LogP contribution in [0.25, 0.3) is 0 Å². The summed E-state index contributed by atoms with van der Waals surface area (Å²) in [6, 6.07) is 0. The van der Waals surface area contributed by atoms with Crippen LogP contribution >= 0.6 is 0 Å². The molecule has 0 aromatic rings. The maximum Gasteiger partial charge on any atom is 0.342 e. The van der Waals surface area contributed by atoms with Crippen molar-refractivity contribution < 1.29 is 19.7 Å². The quantitative estimate of drug-likeness (QED) is 0.473. The van der Waals surface area contributed by atoms with E-state index >= 15 is 0 Å². The molecule has 0 bridgehead atoms. The molecule has 0 saturated heterocycles. The Labute approximate surface area is 143 Å². The van der Waals surface area contributed by atoms with Crippen molar-refractivity contribution in [2.75, 3.05) is 6.61 Å². The van der Waals surface area contributed by atoms with Crippen LogP contribution in [0, 0.1) is 22.7 Å². The Bertz CT molecular complexity index is 605. The van der Waals surface area contributed by atoms with Gasteiger partial charge in [0, 0.05) is 5.41 Å². The van der Waals surface area contributed by atoms with Gasteiger partial charge in [0.25, 0.3) is 0 Å². The molecule has 4 heteroatoms. The molecule has 3 rings (SSSR count). The molecule has 24 heavy (non-hydrogen) atoms. The number of ether oxygens (including phenoxy) is 1. The van der Waals surface area contributed by atoms with E-state index in [4.69, 9.17) is 4.74 Å². The number of hydrogen-bond donors (Lipinski definition) is 2. The van der Waals surface area contributed by atoms with Crippen LogP contribution < -0.4 is 0 Å². The molecule has 4 nitrogen and oxygen atoms in total. The lowest BCUT2D eigenvalue weighted by molar-refractivity contribution is -0.151. The molecule has 1 heterocycles. The number of aliphatic hydroxyl groups is 2. The molecule has 1 unspecified atom stereocenters. The van der Waals surface area contributed by atoms with E-state index in [1.54, 1.807) is 6.08 Å². The normalized spacial score (nSPS) is 43.8. The zero-order chi connectivity index (χ0) is 17.5. The third-order valence-electron chi connectivity index (χ3n) is 6.93. The number of hydrogen-bond acceptors (Lipinski definition) is 4. The van der Waals surface area contributed by atoms with Crippen molar-refractivity contribution in [3.63, 3.8) is 0 Å². The van der Waals surface area contributed by atoms with Crippen molar-refractivity contribution in [1.82, 2.24) is 0 Å². The summed E-state index contributed by atoms with van der Waals surface area (Å²) in [5.41, 5.74) is 1.34. The number of rotatable bonds is 3. The monoisotopic (exact) mass is 332 g/mol. The number of carbonyl (C=O) groups excluding carboxylic acids is 1. The second-order valence-electron chi connectivity index (χ2n) is 8.13. The first-order valence-electron chi connectivity index (χ1n) is 8.87. The fourth-order valence-electron chi connectivity index (χ4n) is 5.34. The van der Waals surface area contributed by atoms with Crippen molar-refractivity contribution in [2.24, 2.45) is 22.7 Å². The second-order valence-corrected chi connectivity index (χ2v) is 8.13. The van der Waals surface area contributed by atoms with Gasteiger partial charge < -0.3 is 14.9 Å². The minimum Gasteiger partial charge on any atom is -0.431 e. The average molecular weight is 332 g/mol. The topological polar surface area (TPSA) is 66.8 Å². The Morgan fingerprint density at radius 3 is 2.79 bits per heavy atom. The van der Waals surface area contributed by atoms with Gasteiger partial charge in [-0.3, -0.25) is 0 Å². The summed E-state index contributed by atoms with van der Waals surface area (Å²) < 4.78 is 4.85. The molecule has 1 aliphatic heterocycles. The smallest absolute Gasteiger partial charge is 0.342 e. The highest BCUT2D eigenvalue weighted by atomic mass is 16.5. The molecule has 0 spiro atoms. The SMILES string of the molecule is C=C1CCC2[C@](C)(CO)[C@H](O)CC[C@@]2(C)[C@H]1C/C=C1\C=COC1=O. The first-order chi connectivity index (χ1) is 11.3. The number of cyclic esters (lactones) is 1. The highest BCUT2D eigenvalue weighted by molar-refractivity contribution is 5.94. The van der Waals surface area contributed by atoms with Gasteiger partial charge in [0.1, 0.15) is 0 Å². The van der Waals surface area contributed by atoms with E-state index in [1.165, 1.54) is 11.8 Å². The highest BCUT2D eigenvalue weighted by Gasteiger charge is 2.57. The van der Waals surface area contributed by atoms with Crippen LogP contribution in [0.2, 0.25) is 0 Å². The van der Waals surface area contributed by atoms with Crippen molar-refractivity contribution in [3.05, 3.63) is 36.1 Å². The minimum atomic E-state index is -0.467. The van der Waals surface area contributed by atoms with Crippen LogP contribution in [0.4, 0.5) is 0 Å². The van der Waals surface area contributed by atoms with Crippen LogP contribution in [0.1, 0.15) is 46.0 Å². The van der Waals surface area contributed by atoms with Crippen LogP contribution in [0.5, 0.6) is 0 Å². The number of aliphatic hydroxyl groups excluding tert-OH is 2. The Hall–Kier alpha value is -1.39. The van der Waals surface area contributed by atoms with Gasteiger partial charge in [0.2, 0.25) is 0 Å². The van der Waals surface area contributed by atoms with E-state index in [-0.39, 0.29) is 29.8 Å². The molecule has 2 aliphatic carbocycles. The largest absolute Gasteiger partial charge is 0.431 e. The van der Waals surface area contributed by atoms with Gasteiger partial charge in [-0.25, -0.2) is 4.79 Å². The van der Waals surface area contributed by atoms with E-state index in [1.807, 2.05) is 13.0 Å². The molecule has 2 N–H and O–H groups in total. The van der Waals surface area contributed by atoms with Gasteiger partial charge in [-0.2, -0.15) is 0 Å². The number of esters is 1. The molecule has 3 aliphatic rings. The molecular formula is C20H28O4. The van der Waals surface area contributed by atoms with E-state index in [0.29, 0.717) is 12.0 Å². The second kappa shape index (κ2) is 6.16. The summed E-state index contributed by atoms with van der Waals surface area (Å²) in [4.78, 5) is 11.6. The number of carbonyl (C=O) groups is 1. The van der Waals surface area contributed by atoms with Crippen LogP contribution in [0.3, 0.4) is 0 Å². The average Bonchev–Trinajstić information content (AvgIpc) is 2.96. The Morgan fingerprint density at radius 2 is 2.17 bits per heavy atom. The maximum absolute atomic E-state index is 11.6. The summed E-state index contributed by atoms with van der Waals surface area (Å²) in [7, 11) is 0. The molecule has 5 atom stereocenters. The molecular weight excluding hydrogens is 304 g/mol. The number of fused-ring (bicyclic) bond motifs is 1. The molecule has 0 aromatic heterocycles. The van der Waals surface area contributed by atoms with E-state index in [2.05, 4.69) is 13.5 Å². The van der Waals surface area contributed by atoms with Gasteiger partial charge in [-0.05, 0) is 55.4 Å². The van der Waals surface area contributed by atoms with Crippen molar-refractivity contribution in [2.45, 2.75) is 52.1 Å². The summed E-state index contributed by atoms with van der Waals surface area (Å²) in [5, 5.41) is 20.5. The van der Waals surface area contributed by atoms with Gasteiger partial charge in [0.15, 0.2) is 0 Å². The van der Waals surface area contributed by atoms with E-state index in [0.717, 1.165) is 25.7 Å². The van der Waals surface area contributed by atoms with Crippen molar-refractivity contribution in [1.29, 1.82) is 0 Å². The lowest BCUT2D eigenvalue weighted by Crippen LogP contribution is -2.57. The van der Waals surface area contributed by atoms with E-state index < -0.39 is 11.5 Å². The first kappa shape index (κ1) is 17.4. The van der Waals surface area contributed by atoms with Crippen molar-refractivity contribution >= 4 is 5.97 Å². The summed E-state index contributed by atoms with van der Waals surface area (Å²) >= 11 is 0. The Kier molecular flexibility index (Phi) is 4.47. The summed E-state index contributed by atoms with van der Waals surface area (Å²) in [6.07, 6.45) is 8.86. The van der Waals surface area contributed by atoms with Crippen molar-refractivity contribution in [3.8, 4) is 0 Å². The Balaban J connectivity index is 1.89. The predicted octanol–water partition coefficient (Wildman–Crippen LogP) is 3.12. The van der Waals surface area contributed by atoms with Gasteiger partial charge >= 0.3 is 5.97 Å². The fraction of sp³-hybridized carbons (Fsp3) is 0.650. The molecule has 2 saturated carbocycles. The van der Waals surface area contributed by atoms with E-state index in [9.17, 15) is 15.0 Å². The Morgan fingerprint density at radius 1 is 1.42 bits per heavy atom. The fourth-order valence-corrected chi connectivity index (χ4v) is 5.34. The molecule has 132 valence electrons. The maximum atomic E-state index is 11.6. The summed E-state index contributed by atoms with van der Waals surface area (Å²) in [5.74, 6) is 0.208. The zero-order valence-corrected chi connectivity index (χ0v) is 14.6. The zero-order valence-electron chi connectivity index (χ0n) is 14.6. The van der Waals surface area contributed by atoms with Crippen LogP contribution in [-0.4, -0.2) is 28.9 Å². The minimum absolute atomic E-state index is 0.00374. The molecule has 0 amide bonds. The predicted molar refractivity (Wildman–Crippen MR) is 91.8 cm³/mol. The van der Waals surface area contributed by atoms with Gasteiger partial charge in [-0.15, -0.1) is 0 Å². The van der Waals surface area contributed by atoms with Gasteiger partial charge in [-0.1, -0.05) is 32.1 Å². The molecule has 0 radical (unpaired) electrons. The van der Waals surface area contributed by atoms with Crippen LogP contribution in [-0.2, 0) is 9.53 Å². The standard InChI is InChI=1S/C20H28O4/c1-13-4-7-16-19(2,10-8-17(22)20(16,3)12-21)15(13)6-5-14-9-11-24-18(14)23/h5,9,11,15-17,21-22H,1,4,6-8,10,12H2,2-3H3/b14-5+/t15-,16?,17+,19-,20-/m0/s1. The third kappa shape index (κ3) is 2.56. The third-order valence-corrected chi connectivity index (χ3v) is 6.93. The lowest BCUT2D eigenvalue weighted by atomic mass is 9.46. The number of allylic oxidation sites excluding steroid dienone is 2. The highest BCUT2D eigenvalue weighted by Crippen LogP contribution is 2.61. The summed E-state index contributed by atoms with van der Waals surface area (Å²) in [6.45, 7) is 8.59. The van der Waals surface area contributed by atoms with Gasteiger partial charge in [0.05, 0.1) is 24.5 Å². The lowest BCUT2D eigenvalue weighted by Gasteiger charge is -2.59. The molecule has 2 fully saturated rings.